The van der Waals surface area contributed by atoms with Gasteiger partial charge in [0.05, 0.1) is 12.1 Å². The molecule has 1 aromatic carbocycles. The lowest BCUT2D eigenvalue weighted by atomic mass is 10.1. The molecule has 0 amide bonds. The largest absolute Gasteiger partial charge is 0.405 e. The number of hydrogen-bond acceptors (Lipinski definition) is 3. The summed E-state index contributed by atoms with van der Waals surface area (Å²) in [5, 5.41) is 1.12. The first kappa shape index (κ1) is 10.2. The summed E-state index contributed by atoms with van der Waals surface area (Å²) in [6, 6.07) is 9.45. The van der Waals surface area contributed by atoms with Crippen LogP contribution in [0.2, 0.25) is 0 Å². The highest BCUT2D eigenvalue weighted by atomic mass is 35.5. The van der Waals surface area contributed by atoms with E-state index in [1.165, 1.54) is 0 Å². The summed E-state index contributed by atoms with van der Waals surface area (Å²) < 4.78 is 0. The maximum Gasteiger partial charge on any atom is 0.253 e. The van der Waals surface area contributed by atoms with Crippen molar-refractivity contribution in [1.82, 2.24) is 5.06 Å². The molecular weight excluding hydrogens is 214 g/mol. The molecule has 1 aliphatic rings. The van der Waals surface area contributed by atoms with E-state index >= 15 is 0 Å². The van der Waals surface area contributed by atoms with Gasteiger partial charge in [-0.1, -0.05) is 30.3 Å². The van der Waals surface area contributed by atoms with Crippen molar-refractivity contribution in [3.8, 4) is 0 Å². The number of carbonyl (C=O) groups is 1. The van der Waals surface area contributed by atoms with Crippen LogP contribution < -0.4 is 0 Å². The van der Waals surface area contributed by atoms with E-state index in [2.05, 4.69) is 0 Å². The Bertz CT molecular complexity index is 414. The van der Waals surface area contributed by atoms with Crippen molar-refractivity contribution in [3.05, 3.63) is 41.5 Å². The molecule has 0 saturated carbocycles. The lowest BCUT2D eigenvalue weighted by Crippen LogP contribution is -2.13. The van der Waals surface area contributed by atoms with E-state index in [1.54, 1.807) is 12.1 Å². The molecule has 0 radical (unpaired) electrons. The number of nitrogens with zero attached hydrogens (tertiary/aromatic N) is 1. The summed E-state index contributed by atoms with van der Waals surface area (Å²) in [4.78, 5) is 16.6. The first-order valence-corrected chi connectivity index (χ1v) is 4.94. The predicted octanol–water partition coefficient (Wildman–Crippen LogP) is 2.04. The van der Waals surface area contributed by atoms with E-state index in [4.69, 9.17) is 16.4 Å². The topological polar surface area (TPSA) is 29.5 Å². The van der Waals surface area contributed by atoms with E-state index in [9.17, 15) is 4.79 Å². The number of hydroxylamine groups is 2. The van der Waals surface area contributed by atoms with Gasteiger partial charge in [-0.05, 0) is 11.6 Å². The molecule has 1 heterocycles. The first-order valence-electron chi connectivity index (χ1n) is 4.56. The molecule has 78 valence electrons. The van der Waals surface area contributed by atoms with Crippen molar-refractivity contribution >= 4 is 22.6 Å². The predicted molar refractivity (Wildman–Crippen MR) is 57.9 cm³/mol. The first-order chi connectivity index (χ1) is 7.18. The zero-order valence-corrected chi connectivity index (χ0v) is 8.99. The van der Waals surface area contributed by atoms with Crippen molar-refractivity contribution in [2.75, 3.05) is 13.6 Å². The molecular formula is C11H10ClNO2. The molecule has 0 spiro atoms. The van der Waals surface area contributed by atoms with Crippen LogP contribution in [0.25, 0.3) is 5.76 Å². The molecule has 0 fully saturated rings. The van der Waals surface area contributed by atoms with Gasteiger partial charge in [0, 0.05) is 12.6 Å². The minimum Gasteiger partial charge on any atom is -0.405 e. The van der Waals surface area contributed by atoms with Crippen LogP contribution in [0.3, 0.4) is 0 Å². The van der Waals surface area contributed by atoms with Gasteiger partial charge in [-0.2, -0.15) is 0 Å². The number of carbonyl (C=O) groups excluding carboxylic acids is 1. The zero-order chi connectivity index (χ0) is 10.8. The maximum atomic E-state index is 11.2. The van der Waals surface area contributed by atoms with Gasteiger partial charge in [0.1, 0.15) is 0 Å². The fraction of sp³-hybridized carbons (Fsp3) is 0.182. The molecule has 0 aromatic heterocycles. The van der Waals surface area contributed by atoms with Gasteiger partial charge >= 0.3 is 0 Å². The molecule has 3 nitrogen and oxygen atoms in total. The van der Waals surface area contributed by atoms with Crippen LogP contribution in [-0.4, -0.2) is 23.9 Å². The molecule has 0 unspecified atom stereocenters. The maximum absolute atomic E-state index is 11.2. The molecule has 2 rings (SSSR count). The average Bonchev–Trinajstić information content (AvgIpc) is 2.62. The number of halogens is 1. The van der Waals surface area contributed by atoms with Crippen molar-refractivity contribution in [1.29, 1.82) is 0 Å². The van der Waals surface area contributed by atoms with Crippen molar-refractivity contribution < 1.29 is 9.63 Å². The Hall–Kier alpha value is -1.32. The Morgan fingerprint density at radius 1 is 1.40 bits per heavy atom. The Morgan fingerprint density at radius 2 is 2.07 bits per heavy atom. The van der Waals surface area contributed by atoms with Crippen LogP contribution in [0.5, 0.6) is 0 Å². The molecule has 0 atom stereocenters. The monoisotopic (exact) mass is 223 g/mol. The van der Waals surface area contributed by atoms with Gasteiger partial charge in [0.25, 0.3) is 5.24 Å². The van der Waals surface area contributed by atoms with Crippen LogP contribution in [0.1, 0.15) is 5.56 Å². The second-order valence-electron chi connectivity index (χ2n) is 3.32. The van der Waals surface area contributed by atoms with Gasteiger partial charge in [-0.3, -0.25) is 4.79 Å². The molecule has 1 aliphatic heterocycles. The Morgan fingerprint density at radius 3 is 2.67 bits per heavy atom. The Kier molecular flexibility index (Phi) is 2.75. The number of rotatable bonds is 2. The highest BCUT2D eigenvalue weighted by molar-refractivity contribution is 6.68. The lowest BCUT2D eigenvalue weighted by Gasteiger charge is -2.09. The number of likely N-dealkylation sites (N-methyl/N-ethyl adjacent to an activating group) is 1. The minimum atomic E-state index is -0.460. The molecule has 0 bridgehead atoms. The molecule has 4 heteroatoms. The highest BCUT2D eigenvalue weighted by Crippen LogP contribution is 2.28. The van der Waals surface area contributed by atoms with Gasteiger partial charge in [-0.25, -0.2) is 0 Å². The highest BCUT2D eigenvalue weighted by Gasteiger charge is 2.26. The van der Waals surface area contributed by atoms with Gasteiger partial charge < -0.3 is 4.84 Å². The van der Waals surface area contributed by atoms with Gasteiger partial charge in [0.15, 0.2) is 5.76 Å². The van der Waals surface area contributed by atoms with Crippen molar-refractivity contribution in [3.63, 3.8) is 0 Å². The SMILES string of the molecule is CN1CC(C(=O)Cl)=C(c2ccccc2)O1. The van der Waals surface area contributed by atoms with Crippen LogP contribution in [0.15, 0.2) is 35.9 Å². The Labute approximate surface area is 92.9 Å². The summed E-state index contributed by atoms with van der Waals surface area (Å²) in [5.74, 6) is 0.554. The average molecular weight is 224 g/mol. The fourth-order valence-corrected chi connectivity index (χ4v) is 1.65. The molecule has 15 heavy (non-hydrogen) atoms. The van der Waals surface area contributed by atoms with E-state index in [0.29, 0.717) is 17.9 Å². The molecule has 1 aromatic rings. The second-order valence-corrected chi connectivity index (χ2v) is 3.67. The summed E-state index contributed by atoms with van der Waals surface area (Å²) in [7, 11) is 1.76. The zero-order valence-electron chi connectivity index (χ0n) is 8.24. The smallest absolute Gasteiger partial charge is 0.253 e. The summed E-state index contributed by atoms with van der Waals surface area (Å²) in [6.45, 7) is 0.423. The molecule has 0 N–H and O–H groups in total. The van der Waals surface area contributed by atoms with Crippen LogP contribution in [0.4, 0.5) is 0 Å². The van der Waals surface area contributed by atoms with E-state index in [-0.39, 0.29) is 0 Å². The quantitative estimate of drug-likeness (QED) is 0.719. The number of hydrogen-bond donors (Lipinski definition) is 0. The third kappa shape index (κ3) is 2.03. The van der Waals surface area contributed by atoms with Crippen LogP contribution >= 0.6 is 11.6 Å². The standard InChI is InChI=1S/C11H10ClNO2/c1-13-7-9(11(12)14)10(15-13)8-5-3-2-4-6-8/h2-6H,7H2,1H3. The van der Waals surface area contributed by atoms with E-state index in [0.717, 1.165) is 5.56 Å². The molecule has 0 aliphatic carbocycles. The van der Waals surface area contributed by atoms with E-state index < -0.39 is 5.24 Å². The van der Waals surface area contributed by atoms with Crippen LogP contribution in [0, 0.1) is 0 Å². The summed E-state index contributed by atoms with van der Waals surface area (Å²) >= 11 is 5.49. The lowest BCUT2D eigenvalue weighted by molar-refractivity contribution is -0.108. The third-order valence-corrected chi connectivity index (χ3v) is 2.40. The molecule has 0 saturated heterocycles. The minimum absolute atomic E-state index is 0.423. The van der Waals surface area contributed by atoms with Crippen molar-refractivity contribution in [2.24, 2.45) is 0 Å². The summed E-state index contributed by atoms with van der Waals surface area (Å²) in [5.41, 5.74) is 1.37. The van der Waals surface area contributed by atoms with E-state index in [1.807, 2.05) is 30.3 Å². The van der Waals surface area contributed by atoms with Gasteiger partial charge in [-0.15, -0.1) is 5.06 Å². The third-order valence-electron chi connectivity index (χ3n) is 2.18. The van der Waals surface area contributed by atoms with Crippen molar-refractivity contribution in [2.45, 2.75) is 0 Å². The normalized spacial score (nSPS) is 16.7. The van der Waals surface area contributed by atoms with Crippen LogP contribution in [-0.2, 0) is 9.63 Å². The summed E-state index contributed by atoms with van der Waals surface area (Å²) in [6.07, 6.45) is 0. The van der Waals surface area contributed by atoms with Gasteiger partial charge in [0.2, 0.25) is 0 Å². The number of benzene rings is 1. The second kappa shape index (κ2) is 4.04. The fourth-order valence-electron chi connectivity index (χ4n) is 1.51. The Balaban J connectivity index is 2.42.